The number of benzene rings is 2. The van der Waals surface area contributed by atoms with Crippen LogP contribution < -0.4 is 19.7 Å². The first-order chi connectivity index (χ1) is 14.0. The van der Waals surface area contributed by atoms with Crippen molar-refractivity contribution in [2.45, 2.75) is 39.2 Å². The molecule has 0 radical (unpaired) electrons. The van der Waals surface area contributed by atoms with Crippen LogP contribution in [0.25, 0.3) is 0 Å². The van der Waals surface area contributed by atoms with Gasteiger partial charge in [-0.05, 0) is 55.8 Å². The van der Waals surface area contributed by atoms with Gasteiger partial charge >= 0.3 is 0 Å². The van der Waals surface area contributed by atoms with Gasteiger partial charge < -0.3 is 19.7 Å². The van der Waals surface area contributed by atoms with Crippen LogP contribution in [-0.2, 0) is 9.59 Å². The van der Waals surface area contributed by atoms with Crippen molar-refractivity contribution >= 4 is 34.8 Å². The molecule has 2 aromatic rings. The van der Waals surface area contributed by atoms with Crippen molar-refractivity contribution in [2.75, 3.05) is 23.4 Å². The number of nitrogens with zero attached hydrogens (tertiary/aromatic N) is 1. The number of rotatable bonds is 8. The quantitative estimate of drug-likeness (QED) is 0.635. The zero-order chi connectivity index (χ0) is 20.8. The van der Waals surface area contributed by atoms with Crippen molar-refractivity contribution < 1.29 is 19.1 Å². The number of unbranched alkanes of at least 4 members (excludes halogenated alkanes) is 2. The molecule has 154 valence electrons. The van der Waals surface area contributed by atoms with E-state index < -0.39 is 6.10 Å². The Kier molecular flexibility index (Phi) is 6.99. The van der Waals surface area contributed by atoms with Crippen molar-refractivity contribution in [1.29, 1.82) is 0 Å². The maximum absolute atomic E-state index is 12.6. The summed E-state index contributed by atoms with van der Waals surface area (Å²) in [5, 5.41) is 3.41. The van der Waals surface area contributed by atoms with Gasteiger partial charge in [0.1, 0.15) is 11.5 Å². The molecule has 2 aromatic carbocycles. The molecule has 0 saturated carbocycles. The molecule has 0 aliphatic carbocycles. The lowest BCUT2D eigenvalue weighted by Gasteiger charge is -2.33. The van der Waals surface area contributed by atoms with Crippen molar-refractivity contribution in [3.63, 3.8) is 0 Å². The summed E-state index contributed by atoms with van der Waals surface area (Å²) in [7, 11) is 0. The highest BCUT2D eigenvalue weighted by Crippen LogP contribution is 2.36. The lowest BCUT2D eigenvalue weighted by atomic mass is 10.1. The molecule has 29 heavy (non-hydrogen) atoms. The van der Waals surface area contributed by atoms with Crippen molar-refractivity contribution in [2.24, 2.45) is 0 Å². The van der Waals surface area contributed by atoms with Crippen LogP contribution in [0.2, 0.25) is 5.02 Å². The Morgan fingerprint density at radius 3 is 2.69 bits per heavy atom. The number of amides is 2. The van der Waals surface area contributed by atoms with E-state index in [4.69, 9.17) is 21.1 Å². The van der Waals surface area contributed by atoms with Gasteiger partial charge in [0.25, 0.3) is 11.8 Å². The Labute approximate surface area is 175 Å². The SMILES string of the molecule is CCCCCN1C(=O)C(C)Oc2ccc(NC(=O)COc3ccc(Cl)cc3)cc21. The first-order valence-electron chi connectivity index (χ1n) is 9.78. The van der Waals surface area contributed by atoms with Crippen LogP contribution in [0.3, 0.4) is 0 Å². The van der Waals surface area contributed by atoms with Gasteiger partial charge in [-0.15, -0.1) is 0 Å². The molecule has 0 spiro atoms. The molecular weight excluding hydrogens is 392 g/mol. The first kappa shape index (κ1) is 21.0. The van der Waals surface area contributed by atoms with Gasteiger partial charge in [-0.1, -0.05) is 31.4 Å². The third kappa shape index (κ3) is 5.41. The van der Waals surface area contributed by atoms with Gasteiger partial charge in [-0.3, -0.25) is 9.59 Å². The number of nitrogens with one attached hydrogen (secondary N) is 1. The average Bonchev–Trinajstić information content (AvgIpc) is 2.71. The molecule has 6 nitrogen and oxygen atoms in total. The highest BCUT2D eigenvalue weighted by atomic mass is 35.5. The van der Waals surface area contributed by atoms with Crippen LogP contribution in [0, 0.1) is 0 Å². The van der Waals surface area contributed by atoms with E-state index in [1.807, 2.05) is 0 Å². The number of ether oxygens (including phenoxy) is 2. The minimum absolute atomic E-state index is 0.0665. The van der Waals surface area contributed by atoms with E-state index in [0.29, 0.717) is 34.4 Å². The molecular formula is C22H25ClN2O4. The molecule has 0 saturated heterocycles. The lowest BCUT2D eigenvalue weighted by molar-refractivity contribution is -0.125. The maximum atomic E-state index is 12.6. The van der Waals surface area contributed by atoms with Gasteiger partial charge in [-0.2, -0.15) is 0 Å². The summed E-state index contributed by atoms with van der Waals surface area (Å²) in [6.07, 6.45) is 2.52. The fraction of sp³-hybridized carbons (Fsp3) is 0.364. The largest absolute Gasteiger partial charge is 0.484 e. The monoisotopic (exact) mass is 416 g/mol. The standard InChI is InChI=1S/C22H25ClN2O4/c1-3-4-5-12-25-19-13-17(8-11-20(19)29-15(2)22(25)27)24-21(26)14-28-18-9-6-16(23)7-10-18/h6-11,13,15H,3-5,12,14H2,1-2H3,(H,24,26). The molecule has 2 amide bonds. The number of anilines is 2. The fourth-order valence-corrected chi connectivity index (χ4v) is 3.24. The summed E-state index contributed by atoms with van der Waals surface area (Å²) >= 11 is 5.84. The summed E-state index contributed by atoms with van der Waals surface area (Å²) in [5.41, 5.74) is 1.26. The molecule has 0 aromatic heterocycles. The summed E-state index contributed by atoms with van der Waals surface area (Å²) in [6.45, 7) is 4.37. The van der Waals surface area contributed by atoms with Crippen molar-refractivity contribution in [3.05, 3.63) is 47.5 Å². The van der Waals surface area contributed by atoms with E-state index in [1.165, 1.54) is 0 Å². The summed E-state index contributed by atoms with van der Waals surface area (Å²) in [5.74, 6) is 0.839. The zero-order valence-corrected chi connectivity index (χ0v) is 17.4. The molecule has 0 fully saturated rings. The Balaban J connectivity index is 1.67. The minimum atomic E-state index is -0.516. The Morgan fingerprint density at radius 1 is 1.21 bits per heavy atom. The third-order valence-electron chi connectivity index (χ3n) is 4.62. The van der Waals surface area contributed by atoms with E-state index in [0.717, 1.165) is 19.3 Å². The summed E-state index contributed by atoms with van der Waals surface area (Å²) in [4.78, 5) is 26.6. The topological polar surface area (TPSA) is 67.9 Å². The van der Waals surface area contributed by atoms with Crippen LogP contribution in [0.4, 0.5) is 11.4 Å². The number of fused-ring (bicyclic) bond motifs is 1. The first-order valence-corrected chi connectivity index (χ1v) is 10.2. The smallest absolute Gasteiger partial charge is 0.267 e. The van der Waals surface area contributed by atoms with E-state index in [1.54, 1.807) is 54.3 Å². The van der Waals surface area contributed by atoms with E-state index in [-0.39, 0.29) is 18.4 Å². The van der Waals surface area contributed by atoms with Crippen LogP contribution in [-0.4, -0.2) is 31.1 Å². The molecule has 7 heteroatoms. The Morgan fingerprint density at radius 2 is 1.97 bits per heavy atom. The molecule has 1 atom stereocenters. The number of carbonyl (C=O) groups excluding carboxylic acids is 2. The van der Waals surface area contributed by atoms with E-state index >= 15 is 0 Å². The molecule has 0 bridgehead atoms. The molecule has 1 unspecified atom stereocenters. The molecule has 1 heterocycles. The minimum Gasteiger partial charge on any atom is -0.484 e. The van der Waals surface area contributed by atoms with Gasteiger partial charge in [0.05, 0.1) is 5.69 Å². The molecule has 1 aliphatic heterocycles. The third-order valence-corrected chi connectivity index (χ3v) is 4.87. The van der Waals surface area contributed by atoms with Crippen molar-refractivity contribution in [3.8, 4) is 11.5 Å². The molecule has 1 N–H and O–H groups in total. The second kappa shape index (κ2) is 9.65. The highest BCUT2D eigenvalue weighted by molar-refractivity contribution is 6.30. The Hall–Kier alpha value is -2.73. The number of hydrogen-bond donors (Lipinski definition) is 1. The van der Waals surface area contributed by atoms with Gasteiger partial charge in [0.2, 0.25) is 0 Å². The van der Waals surface area contributed by atoms with Gasteiger partial charge in [-0.25, -0.2) is 0 Å². The van der Waals surface area contributed by atoms with Crippen molar-refractivity contribution in [1.82, 2.24) is 0 Å². The van der Waals surface area contributed by atoms with Crippen LogP contribution in [0.15, 0.2) is 42.5 Å². The fourth-order valence-electron chi connectivity index (χ4n) is 3.11. The van der Waals surface area contributed by atoms with E-state index in [9.17, 15) is 9.59 Å². The normalized spacial score (nSPS) is 15.5. The molecule has 1 aliphatic rings. The van der Waals surface area contributed by atoms with Crippen LogP contribution >= 0.6 is 11.6 Å². The lowest BCUT2D eigenvalue weighted by Crippen LogP contribution is -2.44. The van der Waals surface area contributed by atoms with Crippen LogP contribution in [0.1, 0.15) is 33.1 Å². The van der Waals surface area contributed by atoms with E-state index in [2.05, 4.69) is 12.2 Å². The highest BCUT2D eigenvalue weighted by Gasteiger charge is 2.31. The number of carbonyl (C=O) groups is 2. The van der Waals surface area contributed by atoms with Crippen LogP contribution in [0.5, 0.6) is 11.5 Å². The number of hydrogen-bond acceptors (Lipinski definition) is 4. The van der Waals surface area contributed by atoms with Gasteiger partial charge in [0, 0.05) is 17.3 Å². The summed E-state index contributed by atoms with van der Waals surface area (Å²) in [6, 6.07) is 12.1. The molecule has 3 rings (SSSR count). The van der Waals surface area contributed by atoms with Gasteiger partial charge in [0.15, 0.2) is 12.7 Å². The predicted molar refractivity (Wildman–Crippen MR) is 114 cm³/mol. The number of halogens is 1. The zero-order valence-electron chi connectivity index (χ0n) is 16.6. The maximum Gasteiger partial charge on any atom is 0.267 e. The predicted octanol–water partition coefficient (Wildman–Crippen LogP) is 4.66. The second-order valence-electron chi connectivity index (χ2n) is 6.93. The average molecular weight is 417 g/mol. The summed E-state index contributed by atoms with van der Waals surface area (Å²) < 4.78 is 11.2. The second-order valence-corrected chi connectivity index (χ2v) is 7.37. The Bertz CT molecular complexity index is 870.